The fourth-order valence-electron chi connectivity index (χ4n) is 4.52. The molecule has 1 fully saturated rings. The Kier molecular flexibility index (Phi) is 6.56. The zero-order chi connectivity index (χ0) is 25.5. The molecule has 2 atom stereocenters. The Bertz CT molecular complexity index is 1350. The largest absolute Gasteiger partial charge is 0.444 e. The summed E-state index contributed by atoms with van der Waals surface area (Å²) in [6.45, 7) is 4.83. The number of hydrogen-bond donors (Lipinski definition) is 2. The van der Waals surface area contributed by atoms with Crippen LogP contribution in [0.5, 0.6) is 0 Å². The maximum Gasteiger partial charge on any atom is 0.410 e. The monoisotopic (exact) mass is 508 g/mol. The minimum Gasteiger partial charge on any atom is -0.444 e. The molecule has 0 spiro atoms. The number of aromatic amines is 2. The van der Waals surface area contributed by atoms with E-state index in [9.17, 15) is 22.8 Å². The third-order valence-corrected chi connectivity index (χ3v) is 6.45. The molecule has 0 radical (unpaired) electrons. The van der Waals surface area contributed by atoms with Gasteiger partial charge in [0.15, 0.2) is 4.77 Å². The number of ether oxygens (including phenoxy) is 1. The summed E-state index contributed by atoms with van der Waals surface area (Å²) in [4.78, 5) is 32.0. The van der Waals surface area contributed by atoms with E-state index in [1.165, 1.54) is 4.90 Å². The summed E-state index contributed by atoms with van der Waals surface area (Å²) in [6, 6.07) is 8.42. The first kappa shape index (κ1) is 25.0. The van der Waals surface area contributed by atoms with Gasteiger partial charge in [0, 0.05) is 12.7 Å². The number of H-pyrrole nitrogens is 2. The molecule has 1 aliphatic rings. The van der Waals surface area contributed by atoms with Crippen LogP contribution in [-0.4, -0.2) is 43.9 Å². The number of aromatic nitrogens is 3. The molecule has 2 aromatic heterocycles. The molecule has 1 amide bonds. The van der Waals surface area contributed by atoms with Crippen LogP contribution in [0.3, 0.4) is 0 Å². The summed E-state index contributed by atoms with van der Waals surface area (Å²) in [5, 5.41) is 0. The lowest BCUT2D eigenvalue weighted by Crippen LogP contribution is -2.48. The Hall–Kier alpha value is -3.08. The maximum absolute atomic E-state index is 13.6. The normalized spacial score (nSPS) is 19.2. The molecule has 0 saturated carbocycles. The van der Waals surface area contributed by atoms with Crippen molar-refractivity contribution in [3.8, 4) is 0 Å². The number of alkyl halides is 3. The van der Waals surface area contributed by atoms with E-state index in [1.807, 2.05) is 18.2 Å². The first-order valence-corrected chi connectivity index (χ1v) is 11.7. The van der Waals surface area contributed by atoms with E-state index in [1.54, 1.807) is 43.7 Å². The van der Waals surface area contributed by atoms with Crippen LogP contribution in [0.2, 0.25) is 0 Å². The summed E-state index contributed by atoms with van der Waals surface area (Å²) in [5.74, 6) is -1.62. The second-order valence-corrected chi connectivity index (χ2v) is 10.1. The van der Waals surface area contributed by atoms with Gasteiger partial charge in [-0.05, 0) is 63.0 Å². The van der Waals surface area contributed by atoms with Gasteiger partial charge in [0.1, 0.15) is 11.1 Å². The smallest absolute Gasteiger partial charge is 0.410 e. The van der Waals surface area contributed by atoms with Gasteiger partial charge >= 0.3 is 12.3 Å². The lowest BCUT2D eigenvalue weighted by atomic mass is 9.87. The van der Waals surface area contributed by atoms with Crippen molar-refractivity contribution >= 4 is 29.3 Å². The number of fused-ring (bicyclic) bond motifs is 1. The molecule has 188 valence electrons. The van der Waals surface area contributed by atoms with Gasteiger partial charge in [0.25, 0.3) is 5.56 Å². The van der Waals surface area contributed by atoms with Gasteiger partial charge in [-0.2, -0.15) is 13.2 Å². The Labute approximate surface area is 204 Å². The van der Waals surface area contributed by atoms with Crippen LogP contribution < -0.4 is 5.56 Å². The molecule has 1 aliphatic heterocycles. The third-order valence-electron chi connectivity index (χ3n) is 6.12. The van der Waals surface area contributed by atoms with Gasteiger partial charge in [-0.1, -0.05) is 24.3 Å². The molecule has 0 bridgehead atoms. The van der Waals surface area contributed by atoms with E-state index < -0.39 is 36.4 Å². The summed E-state index contributed by atoms with van der Waals surface area (Å²) in [7, 11) is 0. The number of nitrogens with one attached hydrogen (secondary N) is 2. The Balaban J connectivity index is 1.74. The molecule has 1 aromatic carbocycles. The van der Waals surface area contributed by atoms with Crippen molar-refractivity contribution in [3.05, 3.63) is 62.8 Å². The van der Waals surface area contributed by atoms with E-state index in [-0.39, 0.29) is 29.7 Å². The molecule has 35 heavy (non-hydrogen) atoms. The number of likely N-dealkylation sites (tertiary alicyclic amines) is 1. The number of piperidine rings is 1. The topological polar surface area (TPSA) is 83.1 Å². The summed E-state index contributed by atoms with van der Waals surface area (Å²) in [5.41, 5.74) is 1.30. The van der Waals surface area contributed by atoms with Gasteiger partial charge in [0.2, 0.25) is 0 Å². The van der Waals surface area contributed by atoms with E-state index >= 15 is 0 Å². The fraction of sp³-hybridized carbons (Fsp3) is 0.458. The quantitative estimate of drug-likeness (QED) is 0.446. The zero-order valence-corrected chi connectivity index (χ0v) is 20.4. The molecule has 3 aromatic rings. The number of amides is 1. The second-order valence-electron chi connectivity index (χ2n) is 9.75. The molecular weight excluding hydrogens is 481 g/mol. The predicted octanol–water partition coefficient (Wildman–Crippen LogP) is 5.69. The van der Waals surface area contributed by atoms with Gasteiger partial charge in [0.05, 0.1) is 24.0 Å². The molecule has 2 N–H and O–H groups in total. The van der Waals surface area contributed by atoms with Crippen LogP contribution in [0.4, 0.5) is 18.0 Å². The van der Waals surface area contributed by atoms with Crippen molar-refractivity contribution in [2.75, 3.05) is 6.54 Å². The van der Waals surface area contributed by atoms with Crippen molar-refractivity contribution in [3.63, 3.8) is 0 Å². The van der Waals surface area contributed by atoms with Gasteiger partial charge in [-0.3, -0.25) is 9.78 Å². The van der Waals surface area contributed by atoms with E-state index in [0.29, 0.717) is 11.0 Å². The lowest BCUT2D eigenvalue weighted by Gasteiger charge is -2.41. The Morgan fingerprint density at radius 3 is 2.57 bits per heavy atom. The summed E-state index contributed by atoms with van der Waals surface area (Å²) in [6.07, 6.45) is -3.51. The number of benzene rings is 1. The van der Waals surface area contributed by atoms with E-state index in [4.69, 9.17) is 17.0 Å². The van der Waals surface area contributed by atoms with Crippen molar-refractivity contribution in [2.24, 2.45) is 5.92 Å². The highest BCUT2D eigenvalue weighted by Crippen LogP contribution is 2.42. The number of hydrogen-bond acceptors (Lipinski definition) is 4. The molecule has 0 aliphatic carbocycles. The van der Waals surface area contributed by atoms with Crippen LogP contribution >= 0.6 is 12.2 Å². The Morgan fingerprint density at radius 1 is 1.17 bits per heavy atom. The molecule has 1 saturated heterocycles. The minimum absolute atomic E-state index is 0.0953. The number of nitrogens with zero attached hydrogens (tertiary/aromatic N) is 2. The average molecular weight is 509 g/mol. The highest BCUT2D eigenvalue weighted by atomic mass is 32.1. The standard InChI is InChI=1S/C24H27F3N4O3S/c1-23(2,3)34-22(33)31-13-15(24(25,26)27)8-9-17(31)16-7-5-4-6-14(16)12-30-18-10-11-28-19(18)20(32)29-21(30)35/h4-7,10-11,15,17,28H,8-9,12-13H2,1-3H3,(H,29,32,35). The van der Waals surface area contributed by atoms with Crippen LogP contribution in [-0.2, 0) is 11.3 Å². The maximum atomic E-state index is 13.6. The number of carbonyl (C=O) groups is 1. The zero-order valence-electron chi connectivity index (χ0n) is 19.6. The van der Waals surface area contributed by atoms with E-state index in [0.717, 1.165) is 11.1 Å². The van der Waals surface area contributed by atoms with Crippen LogP contribution in [0.25, 0.3) is 11.0 Å². The minimum atomic E-state index is -4.41. The SMILES string of the molecule is CC(C)(C)OC(=O)N1CC(C(F)(F)F)CCC1c1ccccc1Cn1c(=S)[nH]c(=O)c2[nH]ccc21. The van der Waals surface area contributed by atoms with Crippen molar-refractivity contribution in [1.82, 2.24) is 19.4 Å². The first-order chi connectivity index (χ1) is 16.3. The molecule has 7 nitrogen and oxygen atoms in total. The third kappa shape index (κ3) is 5.29. The molecule has 4 rings (SSSR count). The molecule has 2 unspecified atom stereocenters. The van der Waals surface area contributed by atoms with Gasteiger partial charge in [-0.25, -0.2) is 4.79 Å². The van der Waals surface area contributed by atoms with Gasteiger partial charge < -0.3 is 19.2 Å². The van der Waals surface area contributed by atoms with E-state index in [2.05, 4.69) is 9.97 Å². The van der Waals surface area contributed by atoms with Crippen molar-refractivity contribution in [2.45, 2.75) is 58.0 Å². The van der Waals surface area contributed by atoms with Crippen LogP contribution in [0, 0.1) is 10.7 Å². The molecule has 3 heterocycles. The predicted molar refractivity (Wildman–Crippen MR) is 128 cm³/mol. The second kappa shape index (κ2) is 9.18. The summed E-state index contributed by atoms with van der Waals surface area (Å²) >= 11 is 5.40. The van der Waals surface area contributed by atoms with Crippen LogP contribution in [0.1, 0.15) is 50.8 Å². The molecular formula is C24H27F3N4O3S. The highest BCUT2D eigenvalue weighted by molar-refractivity contribution is 7.71. The first-order valence-electron chi connectivity index (χ1n) is 11.3. The number of halogens is 3. The van der Waals surface area contributed by atoms with Gasteiger partial charge in [-0.15, -0.1) is 0 Å². The van der Waals surface area contributed by atoms with Crippen LogP contribution in [0.15, 0.2) is 41.3 Å². The number of rotatable bonds is 3. The number of carbonyl (C=O) groups excluding carboxylic acids is 1. The fourth-order valence-corrected chi connectivity index (χ4v) is 4.77. The Morgan fingerprint density at radius 2 is 1.89 bits per heavy atom. The lowest BCUT2D eigenvalue weighted by molar-refractivity contribution is -0.188. The average Bonchev–Trinajstić information content (AvgIpc) is 3.25. The molecule has 11 heteroatoms. The highest BCUT2D eigenvalue weighted by Gasteiger charge is 2.46. The van der Waals surface area contributed by atoms with Crippen molar-refractivity contribution in [1.29, 1.82) is 0 Å². The summed E-state index contributed by atoms with van der Waals surface area (Å²) < 4.78 is 48.2. The van der Waals surface area contributed by atoms with Crippen molar-refractivity contribution < 1.29 is 22.7 Å².